The van der Waals surface area contributed by atoms with Gasteiger partial charge in [-0.25, -0.2) is 0 Å². The van der Waals surface area contributed by atoms with E-state index < -0.39 is 0 Å². The third-order valence-corrected chi connectivity index (χ3v) is 3.26. The van der Waals surface area contributed by atoms with Gasteiger partial charge in [0.05, 0.1) is 6.10 Å². The molecule has 16 heavy (non-hydrogen) atoms. The molecule has 0 heterocycles. The fourth-order valence-electron chi connectivity index (χ4n) is 2.00. The van der Waals surface area contributed by atoms with Crippen LogP contribution >= 0.6 is 0 Å². The van der Waals surface area contributed by atoms with Crippen LogP contribution in [-0.2, 0) is 4.79 Å². The molecule has 1 unspecified atom stereocenters. The summed E-state index contributed by atoms with van der Waals surface area (Å²) in [5.74, 6) is 0.0920. The molecule has 1 saturated carbocycles. The predicted octanol–water partition coefficient (Wildman–Crippen LogP) is 0.794. The van der Waals surface area contributed by atoms with E-state index in [0.29, 0.717) is 13.0 Å². The maximum atomic E-state index is 11.5. The summed E-state index contributed by atoms with van der Waals surface area (Å²) in [5.41, 5.74) is 0. The number of amides is 1. The lowest BCUT2D eigenvalue weighted by Crippen LogP contribution is -2.39. The topological polar surface area (TPSA) is 61.4 Å². The summed E-state index contributed by atoms with van der Waals surface area (Å²) in [6.45, 7) is 4.72. The van der Waals surface area contributed by atoms with Crippen molar-refractivity contribution in [3.05, 3.63) is 0 Å². The lowest BCUT2D eigenvalue weighted by atomic mass is 10.2. The normalized spacial score (nSPS) is 26.7. The van der Waals surface area contributed by atoms with E-state index in [1.807, 2.05) is 6.92 Å². The van der Waals surface area contributed by atoms with Crippen LogP contribution in [0.2, 0.25) is 0 Å². The van der Waals surface area contributed by atoms with Gasteiger partial charge in [0.15, 0.2) is 0 Å². The standard InChI is InChI=1S/C12H24N2O2/c1-3-9(2)14-12(16)7-8-13-10-5-4-6-11(10)15/h9-11,13,15H,3-8H2,1-2H3,(H,14,16)/t9?,10-,11-/m0/s1. The number of aliphatic hydroxyl groups excluding tert-OH is 1. The molecule has 94 valence electrons. The van der Waals surface area contributed by atoms with Gasteiger partial charge < -0.3 is 15.7 Å². The number of nitrogens with one attached hydrogen (secondary N) is 2. The molecule has 0 aromatic rings. The number of hydrogen-bond acceptors (Lipinski definition) is 3. The average Bonchev–Trinajstić information content (AvgIpc) is 2.64. The first-order valence-corrected chi connectivity index (χ1v) is 6.34. The van der Waals surface area contributed by atoms with E-state index in [4.69, 9.17) is 0 Å². The molecule has 0 radical (unpaired) electrons. The molecule has 1 amide bonds. The minimum Gasteiger partial charge on any atom is -0.392 e. The summed E-state index contributed by atoms with van der Waals surface area (Å²) in [5, 5.41) is 15.7. The van der Waals surface area contributed by atoms with Gasteiger partial charge in [-0.3, -0.25) is 4.79 Å². The third-order valence-electron chi connectivity index (χ3n) is 3.26. The zero-order chi connectivity index (χ0) is 12.0. The summed E-state index contributed by atoms with van der Waals surface area (Å²) in [7, 11) is 0. The van der Waals surface area contributed by atoms with Gasteiger partial charge in [0.2, 0.25) is 5.91 Å². The van der Waals surface area contributed by atoms with Crippen LogP contribution in [0.15, 0.2) is 0 Å². The number of hydrogen-bond donors (Lipinski definition) is 3. The molecule has 0 saturated heterocycles. The Labute approximate surface area is 97.8 Å². The van der Waals surface area contributed by atoms with E-state index in [2.05, 4.69) is 17.6 Å². The molecule has 0 spiro atoms. The highest BCUT2D eigenvalue weighted by Crippen LogP contribution is 2.18. The highest BCUT2D eigenvalue weighted by Gasteiger charge is 2.24. The van der Waals surface area contributed by atoms with Crippen LogP contribution in [0.25, 0.3) is 0 Å². The lowest BCUT2D eigenvalue weighted by molar-refractivity contribution is -0.121. The van der Waals surface area contributed by atoms with Crippen LogP contribution in [0.1, 0.15) is 46.0 Å². The van der Waals surface area contributed by atoms with Crippen LogP contribution in [0.5, 0.6) is 0 Å². The molecular formula is C12H24N2O2. The Morgan fingerprint density at radius 3 is 2.81 bits per heavy atom. The van der Waals surface area contributed by atoms with Gasteiger partial charge >= 0.3 is 0 Å². The van der Waals surface area contributed by atoms with Crippen molar-refractivity contribution in [1.82, 2.24) is 10.6 Å². The average molecular weight is 228 g/mol. The molecule has 1 aliphatic carbocycles. The molecule has 0 aliphatic heterocycles. The number of carbonyl (C=O) groups is 1. The molecule has 0 aromatic heterocycles. The largest absolute Gasteiger partial charge is 0.392 e. The number of aliphatic hydroxyl groups is 1. The second-order valence-electron chi connectivity index (χ2n) is 4.69. The first kappa shape index (κ1) is 13.5. The molecule has 0 bridgehead atoms. The number of carbonyl (C=O) groups excluding carboxylic acids is 1. The Hall–Kier alpha value is -0.610. The van der Waals surface area contributed by atoms with E-state index in [1.165, 1.54) is 0 Å². The summed E-state index contributed by atoms with van der Waals surface area (Å²) in [6, 6.07) is 0.445. The van der Waals surface area contributed by atoms with Crippen LogP contribution in [0.4, 0.5) is 0 Å². The van der Waals surface area contributed by atoms with Gasteiger partial charge in [0, 0.05) is 25.0 Å². The van der Waals surface area contributed by atoms with E-state index >= 15 is 0 Å². The Balaban J connectivity index is 2.08. The van der Waals surface area contributed by atoms with Crippen molar-refractivity contribution in [3.63, 3.8) is 0 Å². The van der Waals surface area contributed by atoms with Gasteiger partial charge in [-0.1, -0.05) is 6.92 Å². The van der Waals surface area contributed by atoms with Gasteiger partial charge in [-0.2, -0.15) is 0 Å². The third kappa shape index (κ3) is 4.49. The minimum atomic E-state index is -0.224. The minimum absolute atomic E-state index is 0.0920. The lowest BCUT2D eigenvalue weighted by Gasteiger charge is -2.16. The van der Waals surface area contributed by atoms with Gasteiger partial charge in [-0.15, -0.1) is 0 Å². The maximum absolute atomic E-state index is 11.5. The van der Waals surface area contributed by atoms with Crippen molar-refractivity contribution in [2.75, 3.05) is 6.54 Å². The zero-order valence-electron chi connectivity index (χ0n) is 10.3. The molecular weight excluding hydrogens is 204 g/mol. The molecule has 3 atom stereocenters. The van der Waals surface area contributed by atoms with E-state index in [-0.39, 0.29) is 24.1 Å². The Morgan fingerprint density at radius 2 is 2.25 bits per heavy atom. The van der Waals surface area contributed by atoms with Crippen molar-refractivity contribution in [1.29, 1.82) is 0 Å². The van der Waals surface area contributed by atoms with Crippen molar-refractivity contribution >= 4 is 5.91 Å². The molecule has 1 aliphatic rings. The maximum Gasteiger partial charge on any atom is 0.221 e. The molecule has 0 aromatic carbocycles. The number of rotatable bonds is 6. The summed E-state index contributed by atoms with van der Waals surface area (Å²) in [6.07, 6.45) is 4.22. The second kappa shape index (κ2) is 6.86. The van der Waals surface area contributed by atoms with Crippen LogP contribution < -0.4 is 10.6 Å². The zero-order valence-corrected chi connectivity index (χ0v) is 10.3. The first-order chi connectivity index (χ1) is 7.63. The highest BCUT2D eigenvalue weighted by atomic mass is 16.3. The Kier molecular flexibility index (Phi) is 5.77. The van der Waals surface area contributed by atoms with E-state index in [1.54, 1.807) is 0 Å². The van der Waals surface area contributed by atoms with E-state index in [0.717, 1.165) is 25.7 Å². The van der Waals surface area contributed by atoms with Crippen LogP contribution in [0.3, 0.4) is 0 Å². The smallest absolute Gasteiger partial charge is 0.221 e. The molecule has 4 nitrogen and oxygen atoms in total. The quantitative estimate of drug-likeness (QED) is 0.630. The molecule has 4 heteroatoms. The Bertz CT molecular complexity index is 221. The van der Waals surface area contributed by atoms with Crippen molar-refractivity contribution < 1.29 is 9.90 Å². The summed E-state index contributed by atoms with van der Waals surface area (Å²) < 4.78 is 0. The summed E-state index contributed by atoms with van der Waals surface area (Å²) >= 11 is 0. The van der Waals surface area contributed by atoms with Crippen molar-refractivity contribution in [3.8, 4) is 0 Å². The molecule has 1 fully saturated rings. The predicted molar refractivity (Wildman–Crippen MR) is 64.2 cm³/mol. The molecule has 1 rings (SSSR count). The molecule has 3 N–H and O–H groups in total. The Morgan fingerprint density at radius 1 is 1.50 bits per heavy atom. The van der Waals surface area contributed by atoms with E-state index in [9.17, 15) is 9.90 Å². The van der Waals surface area contributed by atoms with Crippen LogP contribution in [0, 0.1) is 0 Å². The van der Waals surface area contributed by atoms with Crippen molar-refractivity contribution in [2.24, 2.45) is 0 Å². The van der Waals surface area contributed by atoms with Crippen molar-refractivity contribution in [2.45, 2.75) is 64.1 Å². The fourth-order valence-corrected chi connectivity index (χ4v) is 2.00. The van der Waals surface area contributed by atoms with Gasteiger partial charge in [0.25, 0.3) is 0 Å². The van der Waals surface area contributed by atoms with Crippen LogP contribution in [-0.4, -0.2) is 35.7 Å². The fraction of sp³-hybridized carbons (Fsp3) is 0.917. The summed E-state index contributed by atoms with van der Waals surface area (Å²) in [4.78, 5) is 11.5. The SMILES string of the molecule is CCC(C)NC(=O)CCN[C@H]1CCC[C@@H]1O. The highest BCUT2D eigenvalue weighted by molar-refractivity contribution is 5.76. The van der Waals surface area contributed by atoms with Gasteiger partial charge in [-0.05, 0) is 32.6 Å². The van der Waals surface area contributed by atoms with Gasteiger partial charge in [0.1, 0.15) is 0 Å². The monoisotopic (exact) mass is 228 g/mol. The second-order valence-corrected chi connectivity index (χ2v) is 4.69. The first-order valence-electron chi connectivity index (χ1n) is 6.34.